The number of hydrogen-bond acceptors (Lipinski definition) is 28. The third-order valence-corrected chi connectivity index (χ3v) is 23.8. The lowest BCUT2D eigenvalue weighted by molar-refractivity contribution is -0.143. The monoisotopic (exact) mass is 1940 g/mol. The number of benzene rings is 2. The quantitative estimate of drug-likeness (QED) is 0.0224. The van der Waals surface area contributed by atoms with E-state index in [0.717, 1.165) is 54.0 Å². The van der Waals surface area contributed by atoms with Crippen molar-refractivity contribution in [2.24, 2.45) is 28.9 Å². The number of nitrogens with zero attached hydrogens (tertiary/aromatic N) is 1. The van der Waals surface area contributed by atoms with Gasteiger partial charge >= 0.3 is 23.9 Å². The summed E-state index contributed by atoms with van der Waals surface area (Å²) >= 11 is 2.94. The van der Waals surface area contributed by atoms with Crippen molar-refractivity contribution in [1.82, 2.24) is 95.3 Å². The van der Waals surface area contributed by atoms with Crippen molar-refractivity contribution >= 4 is 172 Å². The number of guanidine groups is 2. The van der Waals surface area contributed by atoms with Gasteiger partial charge in [-0.1, -0.05) is 62.4 Å². The normalized spacial score (nSPS) is 24.8. The highest BCUT2D eigenvalue weighted by molar-refractivity contribution is 7.99. The highest BCUT2D eigenvalue weighted by Gasteiger charge is 2.43. The van der Waals surface area contributed by atoms with Crippen LogP contribution in [0.1, 0.15) is 134 Å². The van der Waals surface area contributed by atoms with Crippen LogP contribution in [-0.4, -0.2) is 313 Å². The number of carboxylic acids is 4. The van der Waals surface area contributed by atoms with Gasteiger partial charge in [-0.15, -0.1) is 0 Å². The number of carboxylic acid groups (broad SMARTS) is 4. The van der Waals surface area contributed by atoms with Crippen LogP contribution in [0.4, 0.5) is 0 Å². The van der Waals surface area contributed by atoms with Crippen molar-refractivity contribution in [3.8, 4) is 0 Å². The third kappa shape index (κ3) is 39.3. The number of fused-ring (bicyclic) bond motifs is 6. The summed E-state index contributed by atoms with van der Waals surface area (Å²) in [7, 11) is 0. The lowest BCUT2D eigenvalue weighted by atomic mass is 10.0. The van der Waals surface area contributed by atoms with E-state index in [1.165, 1.54) is 6.92 Å². The van der Waals surface area contributed by atoms with Gasteiger partial charge in [0.15, 0.2) is 11.9 Å². The fourth-order valence-corrected chi connectivity index (χ4v) is 16.6. The Morgan fingerprint density at radius 2 is 0.903 bits per heavy atom. The number of amides is 17. The maximum absolute atomic E-state index is 15.6. The van der Waals surface area contributed by atoms with E-state index in [2.05, 4.69) is 90.4 Å². The Kier molecular flexibility index (Phi) is 46.5. The molecule has 3 heterocycles. The molecular weight excluding hydrogens is 1820 g/mol. The van der Waals surface area contributed by atoms with Crippen LogP contribution in [0.25, 0.3) is 0 Å². The Hall–Kier alpha value is -13.2. The van der Waals surface area contributed by atoms with Gasteiger partial charge in [-0.25, -0.2) is 0 Å². The van der Waals surface area contributed by atoms with Gasteiger partial charge in [0.05, 0.1) is 31.9 Å². The molecule has 0 radical (unpaired) electrons. The second-order valence-corrected chi connectivity index (χ2v) is 35.3. The maximum Gasteiger partial charge on any atom is 0.322 e. The molecule has 0 aromatic heterocycles. The molecular formula is C81H120N24O26S3. The van der Waals surface area contributed by atoms with Gasteiger partial charge in [0.25, 0.3) is 0 Å². The number of rotatable bonds is 27. The average Bonchev–Trinajstić information content (AvgIpc) is 1.64. The largest absolute Gasteiger partial charge is 0.481 e. The smallest absolute Gasteiger partial charge is 0.322 e. The van der Waals surface area contributed by atoms with Crippen molar-refractivity contribution in [2.75, 3.05) is 50.0 Å². The number of aliphatic carboxylic acids is 4. The summed E-state index contributed by atoms with van der Waals surface area (Å²) < 4.78 is 0. The topological polar surface area (TPSA) is 819 Å². The second-order valence-electron chi connectivity index (χ2n) is 32.3. The van der Waals surface area contributed by atoms with Crippen LogP contribution in [-0.2, 0) is 124 Å². The highest BCUT2D eigenvalue weighted by Crippen LogP contribution is 2.27. The minimum atomic E-state index is -2.13. The van der Waals surface area contributed by atoms with Crippen LogP contribution in [0.3, 0.4) is 0 Å². The van der Waals surface area contributed by atoms with E-state index in [1.54, 1.807) is 62.4 Å². The number of thioether (sulfide) groups is 3. The van der Waals surface area contributed by atoms with Gasteiger partial charge < -0.3 is 144 Å². The van der Waals surface area contributed by atoms with Gasteiger partial charge in [0.2, 0.25) is 100 Å². The number of carbonyl (C=O) groups excluding carboxylic acids is 17. The van der Waals surface area contributed by atoms with Gasteiger partial charge in [-0.05, 0) is 100 Å². The van der Waals surface area contributed by atoms with E-state index < -0.39 is 309 Å². The lowest BCUT2D eigenvalue weighted by Crippen LogP contribution is -2.61. The maximum atomic E-state index is 15.6. The summed E-state index contributed by atoms with van der Waals surface area (Å²) in [6.45, 7) is 4.17. The zero-order valence-corrected chi connectivity index (χ0v) is 76.6. The minimum Gasteiger partial charge on any atom is -0.481 e. The number of primary amides is 1. The van der Waals surface area contributed by atoms with E-state index in [1.807, 2.05) is 0 Å². The molecule has 738 valence electrons. The molecule has 50 nitrogen and oxygen atoms in total. The molecule has 32 N–H and O–H groups in total. The Balaban J connectivity index is 1.80. The van der Waals surface area contributed by atoms with Gasteiger partial charge in [0.1, 0.15) is 97.2 Å². The van der Waals surface area contributed by atoms with Crippen molar-refractivity contribution in [3.05, 3.63) is 70.8 Å². The minimum absolute atomic E-state index is 0.0746. The number of hydrogen-bond donors (Lipinski definition) is 28. The first-order valence-corrected chi connectivity index (χ1v) is 46.1. The summed E-state index contributed by atoms with van der Waals surface area (Å²) in [6.07, 6.45) is -6.57. The molecule has 0 saturated carbocycles. The van der Waals surface area contributed by atoms with Gasteiger partial charge in [-0.2, -0.15) is 35.3 Å². The molecule has 0 aliphatic carbocycles. The van der Waals surface area contributed by atoms with Crippen LogP contribution in [0.5, 0.6) is 0 Å². The standard InChI is InChI=1S/C81H120N24O26S3/c1-38(2)22-49-71(123)103-55(67(119)90-30-63(114)115)35-132-32-43-23-44-25-45(24-43)34-134-37-57(79(131)105-21-11-16-58(105)78(130)92-41(5)66(118)97-52(28-61(110)111)74(126)95-48(17-18-60(108)109)68(120)91-40(4)65(117)96-49)104-73(125)51(27-59(83)107)99-70(122)47(15-10-20-89-81(86)87)93-72(124)50(26-42-12-7-6-8-13-42)98-69(121)46(14-9-19-88-80(84)85)94-75(127)53(29-62(112)113)100-76(128)54(31-106)101-77(129)56(36-133-33-44)102-64(116)39(3)82/h6-8,12-13,23-25,38-41,46-58,106H,9-11,14-22,26-37,82H2,1-5H3,(H2,83,107)(H,90,119)(H,91,120)(H,92,130)(H,93,124)(H,94,127)(H,95,126)(H,96,117)(H,97,118)(H,98,121)(H,99,122)(H,100,128)(H,101,129)(H,102,116)(H,103,123)(H,104,125)(H,108,109)(H,110,111)(H,112,113)(H,114,115)(H4,84,85,88)(H4,86,87,89)/t39-,40-,41-,46-,47-,48-,49-,50-,51-,52-,53-,54-,55-,56-,57-,58-/m0/s1. The number of nitrogens with one attached hydrogen (secondary N) is 19. The fourth-order valence-electron chi connectivity index (χ4n) is 13.7. The number of aliphatic hydroxyl groups excluding tert-OH is 1. The molecule has 5 rings (SSSR count). The Morgan fingerprint density at radius 3 is 1.39 bits per heavy atom. The molecule has 3 aliphatic heterocycles. The van der Waals surface area contributed by atoms with Crippen molar-refractivity contribution in [2.45, 2.75) is 232 Å². The van der Waals surface area contributed by atoms with Crippen LogP contribution in [0.15, 0.2) is 48.5 Å². The average molecular weight is 1940 g/mol. The SMILES string of the molecule is CC(C)C[C@@H]1NC(=O)[C@H](C)NC(=O)[C@H](CCC(=O)O)NC(=O)[C@H](CC(=O)O)NC(=O)[C@H](C)NC(=O)[C@@H]2CCCN2C(=O)[C@@H]2CSCc3cc(cc(c3)CSC[C@@H](C(=O)NCC(=O)O)NC1=O)CSC[C@H](NC(=O)[C@H](C)N)C(=O)N[C@@H](CO)C(=O)N[C@@H](CC(=O)O)C(=O)N[C@@H](CCCNC(=N)N)C(=O)N[C@@H](Cc1ccccc1)C(=O)N[C@@H](CCCNC(=N)N)C(=O)N[C@@H](CC(N)=O)C(=O)N2. The molecule has 0 spiro atoms. The van der Waals surface area contributed by atoms with Crippen molar-refractivity contribution in [1.29, 1.82) is 10.8 Å². The number of carbonyl (C=O) groups is 21. The molecule has 0 unspecified atom stereocenters. The Labute approximate surface area is 781 Å². The summed E-state index contributed by atoms with van der Waals surface area (Å²) in [4.78, 5) is 295. The lowest BCUT2D eigenvalue weighted by Gasteiger charge is -2.30. The molecule has 53 heteroatoms. The zero-order valence-electron chi connectivity index (χ0n) is 74.2. The van der Waals surface area contributed by atoms with Gasteiger partial charge in [0, 0.05) is 67.0 Å². The van der Waals surface area contributed by atoms with E-state index in [4.69, 9.17) is 33.8 Å². The number of aliphatic hydroxyl groups is 1. The Morgan fingerprint density at radius 1 is 0.478 bits per heavy atom. The van der Waals surface area contributed by atoms with Crippen molar-refractivity contribution in [3.63, 3.8) is 0 Å². The molecule has 134 heavy (non-hydrogen) atoms. The molecule has 2 aromatic rings. The van der Waals surface area contributed by atoms with E-state index >= 15 is 19.2 Å². The Bertz CT molecular complexity index is 4600. The van der Waals surface area contributed by atoms with Crippen LogP contribution < -0.4 is 113 Å². The molecule has 17 amide bonds. The molecule has 1 saturated heterocycles. The predicted octanol–water partition coefficient (Wildman–Crippen LogP) is -8.72. The van der Waals surface area contributed by atoms with Gasteiger partial charge in [-0.3, -0.25) is 112 Å². The molecule has 2 aromatic carbocycles. The summed E-state index contributed by atoms with van der Waals surface area (Å²) in [5.41, 5.74) is 24.5. The third-order valence-electron chi connectivity index (χ3n) is 20.5. The molecule has 16 atom stereocenters. The molecule has 4 bridgehead atoms. The van der Waals surface area contributed by atoms with E-state index in [-0.39, 0.29) is 80.5 Å². The summed E-state index contributed by atoms with van der Waals surface area (Å²) in [5.74, 6) is -29.1. The van der Waals surface area contributed by atoms with Crippen molar-refractivity contribution < 1.29 is 126 Å². The highest BCUT2D eigenvalue weighted by atomic mass is 32.2. The first kappa shape index (κ1) is 111. The fraction of sp³-hybridized carbons (Fsp3) is 0.568. The summed E-state index contributed by atoms with van der Waals surface area (Å²) in [6, 6.07) is -15.3. The van der Waals surface area contributed by atoms with Crippen LogP contribution in [0, 0.1) is 16.7 Å². The van der Waals surface area contributed by atoms with E-state index in [9.17, 15) is 107 Å². The second kappa shape index (κ2) is 56.0. The van der Waals surface area contributed by atoms with Crippen LogP contribution in [0.2, 0.25) is 0 Å². The zero-order chi connectivity index (χ0) is 99.8. The molecule has 1 fully saturated rings. The molecule has 3 aliphatic rings. The summed E-state index contributed by atoms with van der Waals surface area (Å²) in [5, 5.41) is 107. The number of nitrogens with two attached hydrogens (primary N) is 4. The first-order valence-electron chi connectivity index (χ1n) is 42.6. The first-order chi connectivity index (χ1) is 63.2. The van der Waals surface area contributed by atoms with Crippen LogP contribution >= 0.6 is 35.3 Å². The van der Waals surface area contributed by atoms with E-state index in [0.29, 0.717) is 22.3 Å². The predicted molar refractivity (Wildman–Crippen MR) is 483 cm³/mol.